The van der Waals surface area contributed by atoms with E-state index in [9.17, 15) is 0 Å². The average Bonchev–Trinajstić information content (AvgIpc) is 2.33. The molecule has 0 aliphatic heterocycles. The van der Waals surface area contributed by atoms with Gasteiger partial charge < -0.3 is 0 Å². The van der Waals surface area contributed by atoms with Crippen molar-refractivity contribution < 1.29 is 0 Å². The largest absolute Gasteiger partial charge is 0.176 e. The summed E-state index contributed by atoms with van der Waals surface area (Å²) in [5.74, 6) is 2.87. The van der Waals surface area contributed by atoms with Crippen molar-refractivity contribution in [3.63, 3.8) is 0 Å². The summed E-state index contributed by atoms with van der Waals surface area (Å²) in [7, 11) is 0. The molecule has 1 heterocycles. The van der Waals surface area contributed by atoms with Crippen molar-refractivity contribution in [2.75, 3.05) is 0 Å². The van der Waals surface area contributed by atoms with Gasteiger partial charge in [-0.1, -0.05) is 13.8 Å². The van der Waals surface area contributed by atoms with Crippen molar-refractivity contribution >= 4 is 11.7 Å². The van der Waals surface area contributed by atoms with Crippen LogP contribution in [0.5, 0.6) is 0 Å². The lowest BCUT2D eigenvalue weighted by Crippen LogP contribution is -1.90. The first-order valence-electron chi connectivity index (χ1n) is 3.04. The van der Waals surface area contributed by atoms with Gasteiger partial charge in [-0.25, -0.2) is 0 Å². The number of rotatable bonds is 1. The molecule has 3 heteroatoms. The molecular formula is C7H8N2S. The predicted octanol–water partition coefficient (Wildman–Crippen LogP) is 1.64. The van der Waals surface area contributed by atoms with Crippen LogP contribution in [0.2, 0.25) is 0 Å². The molecule has 0 atom stereocenters. The molecule has 0 N–H and O–H groups in total. The summed E-state index contributed by atoms with van der Waals surface area (Å²) < 4.78 is 8.02. The Balaban J connectivity index is 3.05. The van der Waals surface area contributed by atoms with Crippen LogP contribution < -0.4 is 0 Å². The fourth-order valence-corrected chi connectivity index (χ4v) is 1.33. The standard InChI is InChI=1S/C7H8N2S/c1-4-6-7(5(2)3)9-10-8-6/h1,5H,2-3H3. The topological polar surface area (TPSA) is 25.8 Å². The van der Waals surface area contributed by atoms with Gasteiger partial charge in [-0.15, -0.1) is 6.42 Å². The van der Waals surface area contributed by atoms with Gasteiger partial charge in [0.1, 0.15) is 5.69 Å². The van der Waals surface area contributed by atoms with Crippen molar-refractivity contribution in [1.82, 2.24) is 8.75 Å². The maximum absolute atomic E-state index is 5.19. The van der Waals surface area contributed by atoms with Crippen LogP contribution in [-0.2, 0) is 0 Å². The van der Waals surface area contributed by atoms with Crippen molar-refractivity contribution in [1.29, 1.82) is 0 Å². The highest BCUT2D eigenvalue weighted by Gasteiger charge is 2.08. The molecule has 10 heavy (non-hydrogen) atoms. The van der Waals surface area contributed by atoms with Gasteiger partial charge in [-0.3, -0.25) is 0 Å². The van der Waals surface area contributed by atoms with Gasteiger partial charge in [0, 0.05) is 0 Å². The molecule has 0 aromatic carbocycles. The quantitative estimate of drug-likeness (QED) is 0.572. The van der Waals surface area contributed by atoms with E-state index in [0.29, 0.717) is 11.6 Å². The summed E-state index contributed by atoms with van der Waals surface area (Å²) in [4.78, 5) is 0. The van der Waals surface area contributed by atoms with Crippen LogP contribution in [0, 0.1) is 12.3 Å². The summed E-state index contributed by atoms with van der Waals surface area (Å²) >= 11 is 1.18. The second kappa shape index (κ2) is 2.80. The molecule has 0 radical (unpaired) electrons. The van der Waals surface area contributed by atoms with Gasteiger partial charge in [0.15, 0.2) is 0 Å². The normalized spacial score (nSPS) is 9.80. The molecule has 0 aliphatic carbocycles. The van der Waals surface area contributed by atoms with E-state index >= 15 is 0 Å². The van der Waals surface area contributed by atoms with E-state index in [0.717, 1.165) is 5.69 Å². The van der Waals surface area contributed by atoms with Gasteiger partial charge in [-0.2, -0.15) is 8.75 Å². The lowest BCUT2D eigenvalue weighted by molar-refractivity contribution is 0.834. The van der Waals surface area contributed by atoms with Crippen LogP contribution in [0.1, 0.15) is 31.2 Å². The highest BCUT2D eigenvalue weighted by molar-refractivity contribution is 6.99. The Labute approximate surface area is 64.6 Å². The number of nitrogens with zero attached hydrogens (tertiary/aromatic N) is 2. The average molecular weight is 152 g/mol. The summed E-state index contributed by atoms with van der Waals surface area (Å²) in [5, 5.41) is 0. The minimum atomic E-state index is 0.379. The van der Waals surface area contributed by atoms with Crippen molar-refractivity contribution in [2.45, 2.75) is 19.8 Å². The fourth-order valence-electron chi connectivity index (χ4n) is 0.674. The monoisotopic (exact) mass is 152 g/mol. The third-order valence-corrected chi connectivity index (χ3v) is 1.74. The summed E-state index contributed by atoms with van der Waals surface area (Å²) in [6, 6.07) is 0. The third-order valence-electron chi connectivity index (χ3n) is 1.20. The molecule has 0 saturated carbocycles. The van der Waals surface area contributed by atoms with E-state index in [2.05, 4.69) is 28.5 Å². The Kier molecular flexibility index (Phi) is 2.03. The molecule has 2 nitrogen and oxygen atoms in total. The van der Waals surface area contributed by atoms with E-state index in [-0.39, 0.29) is 0 Å². The first kappa shape index (κ1) is 7.23. The highest BCUT2D eigenvalue weighted by atomic mass is 32.1. The van der Waals surface area contributed by atoms with Crippen molar-refractivity contribution in [2.24, 2.45) is 0 Å². The Morgan fingerprint density at radius 3 is 2.60 bits per heavy atom. The second-order valence-corrected chi connectivity index (χ2v) is 2.83. The van der Waals surface area contributed by atoms with E-state index in [1.54, 1.807) is 0 Å². The maximum atomic E-state index is 5.19. The molecule has 1 rings (SSSR count). The Morgan fingerprint density at radius 2 is 2.20 bits per heavy atom. The van der Waals surface area contributed by atoms with Crippen LogP contribution in [0.4, 0.5) is 0 Å². The van der Waals surface area contributed by atoms with Crippen LogP contribution in [-0.4, -0.2) is 8.75 Å². The second-order valence-electron chi connectivity index (χ2n) is 2.30. The van der Waals surface area contributed by atoms with Crippen LogP contribution >= 0.6 is 11.7 Å². The number of hydrogen-bond acceptors (Lipinski definition) is 3. The number of aromatic nitrogens is 2. The summed E-state index contributed by atoms with van der Waals surface area (Å²) in [6.07, 6.45) is 5.19. The van der Waals surface area contributed by atoms with Gasteiger partial charge in [0.2, 0.25) is 0 Å². The van der Waals surface area contributed by atoms with Crippen molar-refractivity contribution in [3.05, 3.63) is 11.4 Å². The minimum absolute atomic E-state index is 0.379. The van der Waals surface area contributed by atoms with Gasteiger partial charge >= 0.3 is 0 Å². The Bertz CT molecular complexity index is 257. The molecule has 0 spiro atoms. The van der Waals surface area contributed by atoms with E-state index in [4.69, 9.17) is 6.42 Å². The van der Waals surface area contributed by atoms with Crippen LogP contribution in [0.3, 0.4) is 0 Å². The summed E-state index contributed by atoms with van der Waals surface area (Å²) in [5.41, 5.74) is 1.63. The SMILES string of the molecule is C#Cc1nsnc1C(C)C. The van der Waals surface area contributed by atoms with Crippen molar-refractivity contribution in [3.8, 4) is 12.3 Å². The van der Waals surface area contributed by atoms with Gasteiger partial charge in [0.25, 0.3) is 0 Å². The third kappa shape index (κ3) is 1.17. The van der Waals surface area contributed by atoms with Gasteiger partial charge in [-0.05, 0) is 11.8 Å². The molecule has 0 unspecified atom stereocenters. The molecular weight excluding hydrogens is 144 g/mol. The minimum Gasteiger partial charge on any atom is -0.176 e. The molecule has 0 aliphatic rings. The Hall–Kier alpha value is -0.880. The van der Waals surface area contributed by atoms with E-state index < -0.39 is 0 Å². The van der Waals surface area contributed by atoms with Crippen LogP contribution in [0.15, 0.2) is 0 Å². The lowest BCUT2D eigenvalue weighted by Gasteiger charge is -1.96. The number of terminal acetylenes is 1. The molecule has 0 fully saturated rings. The molecule has 0 bridgehead atoms. The molecule has 52 valence electrons. The maximum Gasteiger partial charge on any atom is 0.150 e. The molecule has 0 amide bonds. The van der Waals surface area contributed by atoms with Crippen LogP contribution in [0.25, 0.3) is 0 Å². The van der Waals surface area contributed by atoms with E-state index in [1.807, 2.05) is 0 Å². The Morgan fingerprint density at radius 1 is 1.50 bits per heavy atom. The molecule has 1 aromatic rings. The number of hydrogen-bond donors (Lipinski definition) is 0. The highest BCUT2D eigenvalue weighted by Crippen LogP contribution is 2.15. The zero-order chi connectivity index (χ0) is 7.56. The first-order valence-corrected chi connectivity index (χ1v) is 3.77. The zero-order valence-corrected chi connectivity index (χ0v) is 6.77. The zero-order valence-electron chi connectivity index (χ0n) is 5.96. The molecule has 0 saturated heterocycles. The predicted molar refractivity (Wildman–Crippen MR) is 41.9 cm³/mol. The first-order chi connectivity index (χ1) is 4.75. The van der Waals surface area contributed by atoms with Gasteiger partial charge in [0.05, 0.1) is 17.4 Å². The summed E-state index contributed by atoms with van der Waals surface area (Å²) in [6.45, 7) is 4.11. The molecule has 1 aromatic heterocycles. The lowest BCUT2D eigenvalue weighted by atomic mass is 10.1. The van der Waals surface area contributed by atoms with E-state index in [1.165, 1.54) is 11.7 Å². The smallest absolute Gasteiger partial charge is 0.150 e. The fraction of sp³-hybridized carbons (Fsp3) is 0.429.